The minimum atomic E-state index is -3.66. The molecule has 2 atom stereocenters. The van der Waals surface area contributed by atoms with Crippen molar-refractivity contribution in [3.63, 3.8) is 0 Å². The Hall–Kier alpha value is -0.950. The average molecular weight is 289 g/mol. The highest BCUT2D eigenvalue weighted by molar-refractivity contribution is 7.89. The molecule has 1 saturated heterocycles. The van der Waals surface area contributed by atoms with Gasteiger partial charge in [0.2, 0.25) is 0 Å². The van der Waals surface area contributed by atoms with E-state index in [1.807, 2.05) is 13.8 Å². The molecule has 1 fully saturated rings. The first-order valence-corrected chi connectivity index (χ1v) is 7.88. The highest BCUT2D eigenvalue weighted by atomic mass is 32.2. The lowest BCUT2D eigenvalue weighted by Crippen LogP contribution is -2.46. The molecule has 0 saturated carbocycles. The number of rotatable bonds is 3. The van der Waals surface area contributed by atoms with Gasteiger partial charge in [-0.1, -0.05) is 13.8 Å². The highest BCUT2D eigenvalue weighted by Gasteiger charge is 2.37. The van der Waals surface area contributed by atoms with E-state index in [9.17, 15) is 12.8 Å². The fraction of sp³-hybridized carbons (Fsp3) is 0.750. The molecular formula is C12H20FN3O2S. The van der Waals surface area contributed by atoms with E-state index in [2.05, 4.69) is 4.98 Å². The monoisotopic (exact) mass is 289 g/mol. The molecule has 0 aliphatic carbocycles. The third-order valence-electron chi connectivity index (χ3n) is 3.70. The lowest BCUT2D eigenvalue weighted by molar-refractivity contribution is 0.101. The Labute approximate surface area is 113 Å². The first kappa shape index (κ1) is 14.5. The van der Waals surface area contributed by atoms with Crippen molar-refractivity contribution in [1.29, 1.82) is 0 Å². The Morgan fingerprint density at radius 1 is 1.47 bits per heavy atom. The van der Waals surface area contributed by atoms with Crippen LogP contribution in [0.3, 0.4) is 0 Å². The third-order valence-corrected chi connectivity index (χ3v) is 5.45. The molecule has 19 heavy (non-hydrogen) atoms. The number of aryl methyl sites for hydroxylation is 1. The smallest absolute Gasteiger partial charge is 0.262 e. The molecule has 0 amide bonds. The fourth-order valence-corrected chi connectivity index (χ4v) is 3.95. The summed E-state index contributed by atoms with van der Waals surface area (Å²) in [6, 6.07) is 0. The molecule has 2 rings (SSSR count). The molecule has 0 bridgehead atoms. The number of piperidine rings is 1. The van der Waals surface area contributed by atoms with Gasteiger partial charge in [0.1, 0.15) is 6.17 Å². The molecule has 2 heterocycles. The van der Waals surface area contributed by atoms with Gasteiger partial charge in [0, 0.05) is 26.3 Å². The van der Waals surface area contributed by atoms with Crippen LogP contribution < -0.4 is 0 Å². The molecule has 0 aromatic carbocycles. The van der Waals surface area contributed by atoms with Crippen LogP contribution in [0.25, 0.3) is 0 Å². The summed E-state index contributed by atoms with van der Waals surface area (Å²) in [7, 11) is -1.96. The Morgan fingerprint density at radius 3 is 2.63 bits per heavy atom. The van der Waals surface area contributed by atoms with Crippen LogP contribution >= 0.6 is 0 Å². The molecular weight excluding hydrogens is 269 g/mol. The van der Waals surface area contributed by atoms with Gasteiger partial charge in [0.15, 0.2) is 5.03 Å². The van der Waals surface area contributed by atoms with Crippen LogP contribution in [0.1, 0.15) is 20.3 Å². The van der Waals surface area contributed by atoms with Gasteiger partial charge in [0.25, 0.3) is 10.0 Å². The fourth-order valence-electron chi connectivity index (χ4n) is 2.52. The molecule has 1 aliphatic rings. The minimum absolute atomic E-state index is 0.00908. The topological polar surface area (TPSA) is 55.2 Å². The molecule has 7 heteroatoms. The first-order valence-electron chi connectivity index (χ1n) is 6.44. The van der Waals surface area contributed by atoms with Gasteiger partial charge < -0.3 is 4.57 Å². The van der Waals surface area contributed by atoms with E-state index in [1.165, 1.54) is 16.8 Å². The van der Waals surface area contributed by atoms with Crippen molar-refractivity contribution in [2.45, 2.75) is 31.5 Å². The summed E-state index contributed by atoms with van der Waals surface area (Å²) >= 11 is 0. The van der Waals surface area contributed by atoms with Crippen molar-refractivity contribution < 1.29 is 12.8 Å². The predicted molar refractivity (Wildman–Crippen MR) is 69.8 cm³/mol. The summed E-state index contributed by atoms with van der Waals surface area (Å²) in [6.45, 7) is 4.24. The van der Waals surface area contributed by atoms with Crippen molar-refractivity contribution in [2.24, 2.45) is 18.9 Å². The Bertz CT molecular complexity index is 541. The number of hydrogen-bond acceptors (Lipinski definition) is 3. The Morgan fingerprint density at radius 2 is 2.16 bits per heavy atom. The Kier molecular flexibility index (Phi) is 3.96. The van der Waals surface area contributed by atoms with Crippen molar-refractivity contribution in [1.82, 2.24) is 13.9 Å². The zero-order valence-electron chi connectivity index (χ0n) is 11.5. The molecule has 1 aromatic rings. The van der Waals surface area contributed by atoms with E-state index in [1.54, 1.807) is 11.6 Å². The minimum Gasteiger partial charge on any atom is -0.339 e. The molecule has 1 aromatic heterocycles. The van der Waals surface area contributed by atoms with Gasteiger partial charge in [-0.25, -0.2) is 17.8 Å². The van der Waals surface area contributed by atoms with Crippen molar-refractivity contribution >= 4 is 10.0 Å². The molecule has 1 aliphatic heterocycles. The maximum atomic E-state index is 14.1. The zero-order chi connectivity index (χ0) is 14.2. The number of hydrogen-bond donors (Lipinski definition) is 0. The van der Waals surface area contributed by atoms with Crippen LogP contribution in [-0.2, 0) is 17.1 Å². The largest absolute Gasteiger partial charge is 0.339 e. The zero-order valence-corrected chi connectivity index (χ0v) is 12.3. The van der Waals surface area contributed by atoms with E-state index in [0.717, 1.165) is 0 Å². The van der Waals surface area contributed by atoms with Crippen LogP contribution in [0.5, 0.6) is 0 Å². The summed E-state index contributed by atoms with van der Waals surface area (Å²) < 4.78 is 41.5. The normalized spacial score (nSPS) is 25.9. The predicted octanol–water partition coefficient (Wildman–Crippen LogP) is 1.42. The van der Waals surface area contributed by atoms with Gasteiger partial charge in [-0.15, -0.1) is 0 Å². The third kappa shape index (κ3) is 2.81. The van der Waals surface area contributed by atoms with Crippen LogP contribution in [0.2, 0.25) is 0 Å². The average Bonchev–Trinajstić information content (AvgIpc) is 2.76. The van der Waals surface area contributed by atoms with Crippen molar-refractivity contribution in [3.8, 4) is 0 Å². The lowest BCUT2D eigenvalue weighted by atomic mass is 9.86. The van der Waals surface area contributed by atoms with Crippen LogP contribution in [0.4, 0.5) is 4.39 Å². The Balaban J connectivity index is 2.16. The standard InChI is InChI=1S/C12H20FN3O2S/c1-9(2)10-4-5-16(6-11(10)13)19(17,18)12-7-15(3)8-14-12/h7-11H,4-6H2,1-3H3/t10-,11+/m1/s1. The molecule has 0 unspecified atom stereocenters. The highest BCUT2D eigenvalue weighted by Crippen LogP contribution is 2.29. The quantitative estimate of drug-likeness (QED) is 0.845. The van der Waals surface area contributed by atoms with E-state index >= 15 is 0 Å². The van der Waals surface area contributed by atoms with Gasteiger partial charge in [-0.05, 0) is 18.3 Å². The maximum absolute atomic E-state index is 14.1. The molecule has 0 radical (unpaired) electrons. The second-order valence-corrected chi connectivity index (χ2v) is 7.34. The van der Waals surface area contributed by atoms with Crippen LogP contribution in [0, 0.1) is 11.8 Å². The number of halogens is 1. The van der Waals surface area contributed by atoms with E-state index < -0.39 is 16.2 Å². The molecule has 0 N–H and O–H groups in total. The van der Waals surface area contributed by atoms with Crippen LogP contribution in [0.15, 0.2) is 17.6 Å². The molecule has 0 spiro atoms. The van der Waals surface area contributed by atoms with Crippen molar-refractivity contribution in [3.05, 3.63) is 12.5 Å². The van der Waals surface area contributed by atoms with E-state index in [0.29, 0.717) is 13.0 Å². The summed E-state index contributed by atoms with van der Waals surface area (Å²) in [5.74, 6) is 0.171. The molecule has 108 valence electrons. The summed E-state index contributed by atoms with van der Waals surface area (Å²) in [5, 5.41) is -0.00908. The number of nitrogens with zero attached hydrogens (tertiary/aromatic N) is 3. The van der Waals surface area contributed by atoms with E-state index in [-0.39, 0.29) is 23.4 Å². The SMILES string of the molecule is CC(C)[C@H]1CCN(S(=O)(=O)c2cn(C)cn2)C[C@@H]1F. The van der Waals surface area contributed by atoms with Crippen molar-refractivity contribution in [2.75, 3.05) is 13.1 Å². The first-order chi connectivity index (χ1) is 8.82. The van der Waals surface area contributed by atoms with Gasteiger partial charge >= 0.3 is 0 Å². The lowest BCUT2D eigenvalue weighted by Gasteiger charge is -2.35. The second kappa shape index (κ2) is 5.20. The van der Waals surface area contributed by atoms with Crippen LogP contribution in [-0.4, -0.2) is 41.5 Å². The van der Waals surface area contributed by atoms with E-state index in [4.69, 9.17) is 0 Å². The summed E-state index contributed by atoms with van der Waals surface area (Å²) in [6.07, 6.45) is 2.33. The van der Waals surface area contributed by atoms with Gasteiger partial charge in [-0.2, -0.15) is 4.31 Å². The summed E-state index contributed by atoms with van der Waals surface area (Å²) in [4.78, 5) is 3.85. The number of imidazole rings is 1. The second-order valence-electron chi connectivity index (χ2n) is 5.45. The van der Waals surface area contributed by atoms with Gasteiger partial charge in [-0.3, -0.25) is 0 Å². The molecule has 5 nitrogen and oxygen atoms in total. The maximum Gasteiger partial charge on any atom is 0.262 e. The number of aromatic nitrogens is 2. The summed E-state index contributed by atoms with van der Waals surface area (Å²) in [5.41, 5.74) is 0. The van der Waals surface area contributed by atoms with Gasteiger partial charge in [0.05, 0.1) is 6.33 Å². The number of alkyl halides is 1. The number of sulfonamides is 1.